The SMILES string of the molecule is Nc1ccc(Cl)cc1S(=O)(=O)NC1(CO)CC1. The van der Waals surface area contributed by atoms with Crippen molar-refractivity contribution in [3.8, 4) is 0 Å². The Labute approximate surface area is 105 Å². The summed E-state index contributed by atoms with van der Waals surface area (Å²) in [5, 5.41) is 9.41. The summed E-state index contributed by atoms with van der Waals surface area (Å²) in [7, 11) is -3.74. The fourth-order valence-electron chi connectivity index (χ4n) is 1.52. The summed E-state index contributed by atoms with van der Waals surface area (Å²) in [5.41, 5.74) is 5.04. The van der Waals surface area contributed by atoms with E-state index in [4.69, 9.17) is 22.4 Å². The van der Waals surface area contributed by atoms with Crippen LogP contribution in [0.15, 0.2) is 23.1 Å². The Morgan fingerprint density at radius 2 is 2.12 bits per heavy atom. The number of nitrogen functional groups attached to an aromatic ring is 1. The third kappa shape index (κ3) is 2.55. The molecule has 0 bridgehead atoms. The Kier molecular flexibility index (Phi) is 3.07. The summed E-state index contributed by atoms with van der Waals surface area (Å²) in [6.45, 7) is -0.216. The van der Waals surface area contributed by atoms with Gasteiger partial charge >= 0.3 is 0 Å². The molecule has 94 valence electrons. The van der Waals surface area contributed by atoms with Crippen LogP contribution in [0.4, 0.5) is 5.69 Å². The van der Waals surface area contributed by atoms with E-state index in [1.807, 2.05) is 0 Å². The van der Waals surface area contributed by atoms with Crippen molar-refractivity contribution in [3.63, 3.8) is 0 Å². The van der Waals surface area contributed by atoms with Gasteiger partial charge in [-0.3, -0.25) is 0 Å². The van der Waals surface area contributed by atoms with E-state index in [1.165, 1.54) is 18.2 Å². The molecule has 5 nitrogen and oxygen atoms in total. The fourth-order valence-corrected chi connectivity index (χ4v) is 3.37. The zero-order valence-corrected chi connectivity index (χ0v) is 10.6. The lowest BCUT2D eigenvalue weighted by Crippen LogP contribution is -2.39. The molecule has 1 aromatic carbocycles. The molecule has 0 aliphatic heterocycles. The largest absolute Gasteiger partial charge is 0.398 e. The number of rotatable bonds is 4. The molecule has 0 atom stereocenters. The van der Waals surface area contributed by atoms with Crippen LogP contribution in [0.3, 0.4) is 0 Å². The lowest BCUT2D eigenvalue weighted by atomic mass is 10.3. The first-order chi connectivity index (χ1) is 7.88. The van der Waals surface area contributed by atoms with Gasteiger partial charge in [0.2, 0.25) is 10.0 Å². The average Bonchev–Trinajstić information content (AvgIpc) is 3.01. The molecular formula is C10H13ClN2O3S. The second kappa shape index (κ2) is 4.13. The molecule has 1 aliphatic carbocycles. The van der Waals surface area contributed by atoms with E-state index in [1.54, 1.807) is 0 Å². The van der Waals surface area contributed by atoms with Crippen molar-refractivity contribution in [2.45, 2.75) is 23.3 Å². The van der Waals surface area contributed by atoms with Crippen LogP contribution in [-0.2, 0) is 10.0 Å². The van der Waals surface area contributed by atoms with Crippen LogP contribution in [0, 0.1) is 0 Å². The number of hydrogen-bond acceptors (Lipinski definition) is 4. The minimum atomic E-state index is -3.74. The van der Waals surface area contributed by atoms with Gasteiger partial charge in [0.25, 0.3) is 0 Å². The van der Waals surface area contributed by atoms with Gasteiger partial charge in [-0.15, -0.1) is 0 Å². The van der Waals surface area contributed by atoms with E-state index in [9.17, 15) is 8.42 Å². The maximum Gasteiger partial charge on any atom is 0.243 e. The molecule has 2 rings (SSSR count). The van der Waals surface area contributed by atoms with Crippen molar-refractivity contribution in [1.29, 1.82) is 0 Å². The van der Waals surface area contributed by atoms with Crippen molar-refractivity contribution < 1.29 is 13.5 Å². The smallest absolute Gasteiger partial charge is 0.243 e. The highest BCUT2D eigenvalue weighted by molar-refractivity contribution is 7.89. The van der Waals surface area contributed by atoms with Gasteiger partial charge in [-0.25, -0.2) is 13.1 Å². The Hall–Kier alpha value is -0.820. The van der Waals surface area contributed by atoms with E-state index in [2.05, 4.69) is 4.72 Å². The van der Waals surface area contributed by atoms with Crippen LogP contribution in [0.1, 0.15) is 12.8 Å². The van der Waals surface area contributed by atoms with Gasteiger partial charge in [-0.1, -0.05) is 11.6 Å². The zero-order chi connectivity index (χ0) is 12.7. The molecule has 4 N–H and O–H groups in total. The standard InChI is InChI=1S/C10H13ClN2O3S/c11-7-1-2-8(12)9(5-7)17(15,16)13-10(6-14)3-4-10/h1-2,5,13-14H,3-4,6,12H2. The van der Waals surface area contributed by atoms with Crippen molar-refractivity contribution in [3.05, 3.63) is 23.2 Å². The molecule has 1 fully saturated rings. The quantitative estimate of drug-likeness (QED) is 0.707. The molecule has 0 saturated heterocycles. The van der Waals surface area contributed by atoms with Crippen LogP contribution in [-0.4, -0.2) is 25.7 Å². The number of benzene rings is 1. The van der Waals surface area contributed by atoms with Gasteiger partial charge in [0, 0.05) is 5.02 Å². The molecule has 0 radical (unpaired) electrons. The van der Waals surface area contributed by atoms with Crippen molar-refractivity contribution in [2.75, 3.05) is 12.3 Å². The molecule has 1 saturated carbocycles. The zero-order valence-electron chi connectivity index (χ0n) is 8.98. The van der Waals surface area contributed by atoms with E-state index >= 15 is 0 Å². The number of sulfonamides is 1. The molecule has 0 aromatic heterocycles. The Balaban J connectivity index is 2.35. The van der Waals surface area contributed by atoms with E-state index in [0.717, 1.165) is 0 Å². The van der Waals surface area contributed by atoms with Crippen molar-refractivity contribution in [2.24, 2.45) is 0 Å². The predicted octanol–water partition coefficient (Wildman–Crippen LogP) is 0.725. The lowest BCUT2D eigenvalue weighted by molar-refractivity contribution is 0.246. The number of halogens is 1. The number of nitrogens with two attached hydrogens (primary N) is 1. The Morgan fingerprint density at radius 3 is 2.65 bits per heavy atom. The third-order valence-electron chi connectivity index (χ3n) is 2.77. The normalized spacial score (nSPS) is 18.0. The summed E-state index contributed by atoms with van der Waals surface area (Å²) in [6, 6.07) is 4.26. The highest BCUT2D eigenvalue weighted by atomic mass is 35.5. The van der Waals surface area contributed by atoms with E-state index in [-0.39, 0.29) is 17.2 Å². The topological polar surface area (TPSA) is 92.4 Å². The first-order valence-electron chi connectivity index (χ1n) is 5.08. The average molecular weight is 277 g/mol. The van der Waals surface area contributed by atoms with Crippen LogP contribution in [0.5, 0.6) is 0 Å². The molecule has 0 amide bonds. The van der Waals surface area contributed by atoms with Crippen LogP contribution in [0.2, 0.25) is 5.02 Å². The maximum atomic E-state index is 12.1. The Morgan fingerprint density at radius 1 is 1.47 bits per heavy atom. The molecule has 1 aliphatic rings. The van der Waals surface area contributed by atoms with Crippen LogP contribution < -0.4 is 10.5 Å². The second-order valence-corrected chi connectivity index (χ2v) is 6.31. The van der Waals surface area contributed by atoms with Gasteiger partial charge < -0.3 is 10.8 Å². The van der Waals surface area contributed by atoms with E-state index in [0.29, 0.717) is 17.9 Å². The summed E-state index contributed by atoms with van der Waals surface area (Å²) in [4.78, 5) is -0.0512. The number of aliphatic hydroxyl groups excluding tert-OH is 1. The van der Waals surface area contributed by atoms with Gasteiger partial charge in [0.05, 0.1) is 17.8 Å². The highest BCUT2D eigenvalue weighted by Gasteiger charge is 2.45. The van der Waals surface area contributed by atoms with Crippen LogP contribution >= 0.6 is 11.6 Å². The molecule has 17 heavy (non-hydrogen) atoms. The summed E-state index contributed by atoms with van der Waals surface area (Å²) in [6.07, 6.45) is 1.26. The molecule has 1 aromatic rings. The van der Waals surface area contributed by atoms with E-state index < -0.39 is 15.6 Å². The maximum absolute atomic E-state index is 12.1. The highest BCUT2D eigenvalue weighted by Crippen LogP contribution is 2.37. The summed E-state index contributed by atoms with van der Waals surface area (Å²) >= 11 is 5.75. The van der Waals surface area contributed by atoms with Crippen molar-refractivity contribution >= 4 is 27.3 Å². The Bertz CT molecular complexity index is 540. The number of nitrogens with one attached hydrogen (secondary N) is 1. The fraction of sp³-hybridized carbons (Fsp3) is 0.400. The molecule has 0 spiro atoms. The first kappa shape index (κ1) is 12.6. The van der Waals surface area contributed by atoms with Crippen LogP contribution in [0.25, 0.3) is 0 Å². The molecule has 7 heteroatoms. The molecule has 0 unspecified atom stereocenters. The monoisotopic (exact) mass is 276 g/mol. The molecule has 0 heterocycles. The second-order valence-electron chi connectivity index (χ2n) is 4.23. The lowest BCUT2D eigenvalue weighted by Gasteiger charge is -2.15. The minimum Gasteiger partial charge on any atom is -0.398 e. The summed E-state index contributed by atoms with van der Waals surface area (Å²) in [5.74, 6) is 0. The number of anilines is 1. The van der Waals surface area contributed by atoms with Gasteiger partial charge in [0.15, 0.2) is 0 Å². The number of aliphatic hydroxyl groups is 1. The minimum absolute atomic E-state index is 0.0512. The van der Waals surface area contributed by atoms with Crippen molar-refractivity contribution in [1.82, 2.24) is 4.72 Å². The van der Waals surface area contributed by atoms with Gasteiger partial charge in [0.1, 0.15) is 4.90 Å². The first-order valence-corrected chi connectivity index (χ1v) is 6.95. The number of hydrogen-bond donors (Lipinski definition) is 3. The molecular weight excluding hydrogens is 264 g/mol. The predicted molar refractivity (Wildman–Crippen MR) is 65.2 cm³/mol. The summed E-state index contributed by atoms with van der Waals surface area (Å²) < 4.78 is 26.6. The van der Waals surface area contributed by atoms with Gasteiger partial charge in [-0.2, -0.15) is 0 Å². The third-order valence-corrected chi connectivity index (χ3v) is 4.64. The van der Waals surface area contributed by atoms with Gasteiger partial charge in [-0.05, 0) is 31.0 Å².